The number of carbonyl (C=O) groups is 2. The number of benzene rings is 2. The van der Waals surface area contributed by atoms with Gasteiger partial charge in [-0.25, -0.2) is 33.1 Å². The summed E-state index contributed by atoms with van der Waals surface area (Å²) >= 11 is 0. The van der Waals surface area contributed by atoms with E-state index in [1.54, 1.807) is 60.7 Å². The van der Waals surface area contributed by atoms with E-state index in [2.05, 4.69) is 9.97 Å². The van der Waals surface area contributed by atoms with Crippen LogP contribution in [-0.4, -0.2) is 81.1 Å². The van der Waals surface area contributed by atoms with Crippen LogP contribution in [-0.2, 0) is 28.0 Å². The molecule has 4 aromatic rings. The molecule has 53 heavy (non-hydrogen) atoms. The van der Waals surface area contributed by atoms with E-state index < -0.39 is 85.7 Å². The van der Waals surface area contributed by atoms with Gasteiger partial charge in [0.25, 0.3) is 11.1 Å². The van der Waals surface area contributed by atoms with Gasteiger partial charge in [-0.3, -0.25) is 28.7 Å². The molecule has 7 atom stereocenters. The van der Waals surface area contributed by atoms with Gasteiger partial charge in [0.1, 0.15) is 57.9 Å². The molecule has 19 heteroatoms. The third-order valence-electron chi connectivity index (χ3n) is 8.64. The number of nitrogens with zero attached hydrogens (tertiary/aromatic N) is 2. The van der Waals surface area contributed by atoms with Gasteiger partial charge in [0.15, 0.2) is 0 Å². The zero-order valence-corrected chi connectivity index (χ0v) is 29.4. The van der Waals surface area contributed by atoms with Gasteiger partial charge in [-0.15, -0.1) is 0 Å². The first-order valence-electron chi connectivity index (χ1n) is 16.4. The molecule has 17 nitrogen and oxygen atoms in total. The fourth-order valence-corrected chi connectivity index (χ4v) is 6.91. The summed E-state index contributed by atoms with van der Waals surface area (Å²) in [6.07, 6.45) is -3.77. The van der Waals surface area contributed by atoms with Crippen molar-refractivity contribution < 1.29 is 42.5 Å². The van der Waals surface area contributed by atoms with E-state index in [9.17, 15) is 33.7 Å². The molecular weight excluding hydrogens is 714 g/mol. The quantitative estimate of drug-likeness (QED) is 0.107. The van der Waals surface area contributed by atoms with Crippen LogP contribution < -0.4 is 22.5 Å². The fraction of sp³-hybridized carbons (Fsp3) is 0.353. The van der Waals surface area contributed by atoms with Gasteiger partial charge < -0.3 is 18.9 Å². The van der Waals surface area contributed by atoms with E-state index >= 15 is 0 Å². The maximum Gasteiger partial charge on any atom is 0.338 e. The van der Waals surface area contributed by atoms with Crippen LogP contribution in [0, 0.1) is 13.8 Å². The maximum absolute atomic E-state index is 13.0. The lowest BCUT2D eigenvalue weighted by Gasteiger charge is -2.31. The van der Waals surface area contributed by atoms with E-state index in [0.29, 0.717) is 0 Å². The minimum Gasteiger partial charge on any atom is -0.459 e. The Bertz CT molecular complexity index is 2190. The molecule has 2 aliphatic rings. The van der Waals surface area contributed by atoms with Crippen molar-refractivity contribution in [2.45, 2.75) is 63.6 Å². The fourth-order valence-electron chi connectivity index (χ4n) is 5.88. The number of rotatable bonds is 12. The second-order valence-electron chi connectivity index (χ2n) is 12.5. The molecule has 2 aromatic carbocycles. The zero-order chi connectivity index (χ0) is 37.9. The standard InChI is InChI=1S/C34H34BN4O13P/c1-19-15-38(33(44)36-29(19)40)27-13-23(51-32(43)22-11-7-4-8-12-22)26(50-27)18-48-53(35,46)52-24-14-28(39-16-20(2)30(41)37-34(39)45)49-25(24)17-47-31(42)21-9-5-3-6-10-21/h3-12,15-16,23-28,46H,13-14,17-18H2,1-2H3,(H-,36,37,40,41,44,45)/q-1/p+1/t23-,24-,25+,26+,27+,28+,53?/m0/s1. The Morgan fingerprint density at radius 2 is 1.25 bits per heavy atom. The number of hydrogen-bond donors (Lipinski definition) is 3. The van der Waals surface area contributed by atoms with Crippen molar-refractivity contribution in [1.82, 2.24) is 19.1 Å². The summed E-state index contributed by atoms with van der Waals surface area (Å²) in [5.74, 6) is -1.35. The summed E-state index contributed by atoms with van der Waals surface area (Å²) in [6, 6.07) is 16.3. The van der Waals surface area contributed by atoms with E-state index in [-0.39, 0.29) is 41.7 Å². The van der Waals surface area contributed by atoms with E-state index in [1.165, 1.54) is 26.2 Å². The van der Waals surface area contributed by atoms with Gasteiger partial charge in [0, 0.05) is 36.4 Å². The molecule has 2 saturated heterocycles. The number of hydrogen-bond acceptors (Lipinski definition) is 13. The van der Waals surface area contributed by atoms with Crippen molar-refractivity contribution in [1.29, 1.82) is 0 Å². The highest BCUT2D eigenvalue weighted by Gasteiger charge is 2.45. The molecule has 3 N–H and O–H groups in total. The number of ether oxygens (including phenoxy) is 4. The van der Waals surface area contributed by atoms with E-state index in [0.717, 1.165) is 9.13 Å². The van der Waals surface area contributed by atoms with Crippen LogP contribution in [0.2, 0.25) is 0 Å². The van der Waals surface area contributed by atoms with Crippen LogP contribution in [0.1, 0.15) is 57.1 Å². The molecule has 6 rings (SSSR count). The SMILES string of the molecule is [B-][P+](O)(OC[C@H]1O[C@@H](n2cc(C)c(=O)[nH]c2=O)C[C@@H]1OC(=O)c1ccccc1)O[C@H]1C[C@H](n2cc(C)c(=O)[nH]c2=O)O[C@@H]1COC(=O)c1ccccc1. The smallest absolute Gasteiger partial charge is 0.338 e. The molecule has 0 spiro atoms. The van der Waals surface area contributed by atoms with Crippen molar-refractivity contribution in [2.75, 3.05) is 13.2 Å². The van der Waals surface area contributed by atoms with E-state index in [1.807, 2.05) is 0 Å². The molecule has 2 fully saturated rings. The van der Waals surface area contributed by atoms with Gasteiger partial charge >= 0.3 is 23.3 Å². The van der Waals surface area contributed by atoms with Crippen molar-refractivity contribution in [2.24, 2.45) is 0 Å². The number of aryl methyl sites for hydroxylation is 2. The molecule has 2 aliphatic heterocycles. The summed E-state index contributed by atoms with van der Waals surface area (Å²) in [6.45, 7) is 2.16. The van der Waals surface area contributed by atoms with Gasteiger partial charge in [-0.2, -0.15) is 7.57 Å². The van der Waals surface area contributed by atoms with Crippen molar-refractivity contribution >= 4 is 27.3 Å². The van der Waals surface area contributed by atoms with Crippen LogP contribution >= 0.6 is 7.82 Å². The summed E-state index contributed by atoms with van der Waals surface area (Å²) in [5.41, 5.74) is -1.67. The van der Waals surface area contributed by atoms with Gasteiger partial charge in [-0.05, 0) is 38.1 Å². The molecule has 2 aromatic heterocycles. The molecule has 4 heterocycles. The molecule has 277 valence electrons. The summed E-state index contributed by atoms with van der Waals surface area (Å²) in [7, 11) is 1.90. The monoisotopic (exact) mass is 749 g/mol. The van der Waals surface area contributed by atoms with Crippen LogP contribution in [0.15, 0.2) is 92.2 Å². The normalized spacial score (nSPS) is 23.7. The molecular formula is C34H35BN4O13P. The number of aromatic nitrogens is 4. The Morgan fingerprint density at radius 3 is 1.77 bits per heavy atom. The number of esters is 2. The topological polar surface area (TPSA) is 219 Å². The number of aromatic amines is 2. The lowest BCUT2D eigenvalue weighted by molar-refractivity contribution is -0.0596. The number of H-pyrrole nitrogens is 2. The Labute approximate surface area is 302 Å². The third-order valence-corrected chi connectivity index (χ3v) is 9.73. The first-order chi connectivity index (χ1) is 25.3. The molecule has 1 unspecified atom stereocenters. The summed E-state index contributed by atoms with van der Waals surface area (Å²) in [4.78, 5) is 90.7. The maximum atomic E-state index is 13.0. The van der Waals surface area contributed by atoms with Crippen LogP contribution in [0.3, 0.4) is 0 Å². The Kier molecular flexibility index (Phi) is 11.4. The highest BCUT2D eigenvalue weighted by atomic mass is 31.2. The molecule has 0 aliphatic carbocycles. The predicted molar refractivity (Wildman–Crippen MR) is 187 cm³/mol. The van der Waals surface area contributed by atoms with Gasteiger partial charge in [0.05, 0.1) is 11.1 Å². The van der Waals surface area contributed by atoms with Crippen molar-refractivity contribution in [3.63, 3.8) is 0 Å². The highest BCUT2D eigenvalue weighted by molar-refractivity contribution is 7.85. The Hall–Kier alpha value is -4.97. The zero-order valence-electron chi connectivity index (χ0n) is 28.5. The van der Waals surface area contributed by atoms with Crippen molar-refractivity contribution in [3.8, 4) is 0 Å². The summed E-state index contributed by atoms with van der Waals surface area (Å²) < 4.78 is 37.1. The number of carbonyl (C=O) groups excluding carboxylic acids is 2. The largest absolute Gasteiger partial charge is 0.459 e. The molecule has 3 radical (unpaired) electrons. The second kappa shape index (κ2) is 16.0. The minimum atomic E-state index is -4.27. The predicted octanol–water partition coefficient (Wildman–Crippen LogP) is 1.60. The lowest BCUT2D eigenvalue weighted by atomic mass is 10.1. The van der Waals surface area contributed by atoms with Crippen LogP contribution in [0.4, 0.5) is 0 Å². The van der Waals surface area contributed by atoms with Crippen LogP contribution in [0.25, 0.3) is 0 Å². The van der Waals surface area contributed by atoms with Gasteiger partial charge in [0.2, 0.25) is 0 Å². The average molecular weight is 749 g/mol. The van der Waals surface area contributed by atoms with Crippen molar-refractivity contribution in [3.05, 3.63) is 137 Å². The lowest BCUT2D eigenvalue weighted by Crippen LogP contribution is -2.34. The molecule has 0 saturated carbocycles. The molecule has 0 bridgehead atoms. The number of nitrogens with one attached hydrogen (secondary N) is 2. The Morgan fingerprint density at radius 1 is 0.774 bits per heavy atom. The molecule has 0 amide bonds. The average Bonchev–Trinajstić information content (AvgIpc) is 3.72. The van der Waals surface area contributed by atoms with Crippen LogP contribution in [0.5, 0.6) is 0 Å². The third kappa shape index (κ3) is 8.99. The second-order valence-corrected chi connectivity index (χ2v) is 14.1. The Balaban J connectivity index is 1.19. The highest BCUT2D eigenvalue weighted by Crippen LogP contribution is 2.55. The first-order valence-corrected chi connectivity index (χ1v) is 18.1. The first kappa shape index (κ1) is 37.8. The van der Waals surface area contributed by atoms with Gasteiger partial charge in [-0.1, -0.05) is 36.4 Å². The van der Waals surface area contributed by atoms with E-state index in [4.69, 9.17) is 35.6 Å². The minimum absolute atomic E-state index is 0.0272. The summed E-state index contributed by atoms with van der Waals surface area (Å²) in [5, 5.41) is 0.